The molecule has 1 heterocycles. The van der Waals surface area contributed by atoms with E-state index in [1.54, 1.807) is 11.3 Å². The van der Waals surface area contributed by atoms with Crippen molar-refractivity contribution in [1.29, 1.82) is 0 Å². The highest BCUT2D eigenvalue weighted by atomic mass is 79.9. The lowest BCUT2D eigenvalue weighted by Gasteiger charge is -2.24. The van der Waals surface area contributed by atoms with Gasteiger partial charge in [-0.3, -0.25) is 4.79 Å². The summed E-state index contributed by atoms with van der Waals surface area (Å²) in [7, 11) is 0. The standard InChI is InChI=1S/C12H18BrNOS/c1-8-7-10(16-9(8)2)11(15)14-12(3,4)5-6-13/h7H,5-6H2,1-4H3,(H,14,15). The Bertz CT molecular complexity index is 365. The highest BCUT2D eigenvalue weighted by Gasteiger charge is 2.21. The number of hydrogen-bond acceptors (Lipinski definition) is 2. The van der Waals surface area contributed by atoms with Gasteiger partial charge in [-0.2, -0.15) is 0 Å². The number of hydrogen-bond donors (Lipinski definition) is 1. The molecule has 0 saturated carbocycles. The highest BCUT2D eigenvalue weighted by Crippen LogP contribution is 2.21. The van der Waals surface area contributed by atoms with E-state index >= 15 is 0 Å². The SMILES string of the molecule is Cc1cc(C(=O)NC(C)(C)CCBr)sc1C. The van der Waals surface area contributed by atoms with E-state index in [4.69, 9.17) is 0 Å². The van der Waals surface area contributed by atoms with Crippen LogP contribution in [0.2, 0.25) is 0 Å². The normalized spacial score (nSPS) is 11.6. The summed E-state index contributed by atoms with van der Waals surface area (Å²) in [6.45, 7) is 8.16. The highest BCUT2D eigenvalue weighted by molar-refractivity contribution is 9.09. The molecular formula is C12H18BrNOS. The molecule has 1 aromatic rings. The van der Waals surface area contributed by atoms with E-state index in [9.17, 15) is 4.79 Å². The van der Waals surface area contributed by atoms with Gasteiger partial charge in [0.2, 0.25) is 0 Å². The Morgan fingerprint density at radius 3 is 2.56 bits per heavy atom. The molecule has 4 heteroatoms. The quantitative estimate of drug-likeness (QED) is 0.845. The van der Waals surface area contributed by atoms with E-state index in [1.165, 1.54) is 10.4 Å². The van der Waals surface area contributed by atoms with Crippen molar-refractivity contribution in [3.05, 3.63) is 21.4 Å². The van der Waals surface area contributed by atoms with Gasteiger partial charge in [0.05, 0.1) is 4.88 Å². The van der Waals surface area contributed by atoms with Gasteiger partial charge in [-0.1, -0.05) is 15.9 Å². The molecule has 0 radical (unpaired) electrons. The number of amides is 1. The molecular weight excluding hydrogens is 286 g/mol. The molecule has 1 rings (SSSR count). The van der Waals surface area contributed by atoms with E-state index in [0.29, 0.717) is 0 Å². The van der Waals surface area contributed by atoms with E-state index in [1.807, 2.05) is 33.8 Å². The minimum Gasteiger partial charge on any atom is -0.346 e. The van der Waals surface area contributed by atoms with Gasteiger partial charge in [0.15, 0.2) is 0 Å². The Labute approximate surface area is 110 Å². The lowest BCUT2D eigenvalue weighted by molar-refractivity contribution is 0.0916. The van der Waals surface area contributed by atoms with Crippen molar-refractivity contribution >= 4 is 33.2 Å². The third-order valence-corrected chi connectivity index (χ3v) is 4.11. The van der Waals surface area contributed by atoms with Crippen LogP contribution in [-0.2, 0) is 0 Å². The van der Waals surface area contributed by atoms with Crippen LogP contribution in [0.5, 0.6) is 0 Å². The van der Waals surface area contributed by atoms with E-state index in [0.717, 1.165) is 16.6 Å². The lowest BCUT2D eigenvalue weighted by Crippen LogP contribution is -2.43. The van der Waals surface area contributed by atoms with E-state index < -0.39 is 0 Å². The van der Waals surface area contributed by atoms with Crippen LogP contribution in [0.25, 0.3) is 0 Å². The molecule has 0 aliphatic carbocycles. The molecule has 1 N–H and O–H groups in total. The summed E-state index contributed by atoms with van der Waals surface area (Å²) in [5.41, 5.74) is 1.03. The molecule has 16 heavy (non-hydrogen) atoms. The van der Waals surface area contributed by atoms with Gasteiger partial charge >= 0.3 is 0 Å². The first kappa shape index (κ1) is 13.7. The molecule has 0 aliphatic heterocycles. The molecule has 2 nitrogen and oxygen atoms in total. The largest absolute Gasteiger partial charge is 0.346 e. The third kappa shape index (κ3) is 3.59. The summed E-state index contributed by atoms with van der Waals surface area (Å²) < 4.78 is 0. The van der Waals surface area contributed by atoms with Crippen molar-refractivity contribution in [2.45, 2.75) is 39.7 Å². The molecule has 0 atom stereocenters. The second-order valence-electron chi connectivity index (χ2n) is 4.63. The average Bonchev–Trinajstić information content (AvgIpc) is 2.46. The first-order valence-corrected chi connectivity index (χ1v) is 7.25. The Balaban J connectivity index is 2.72. The Kier molecular flexibility index (Phi) is 4.56. The first-order valence-electron chi connectivity index (χ1n) is 5.31. The smallest absolute Gasteiger partial charge is 0.261 e. The predicted octanol–water partition coefficient (Wildman–Crippen LogP) is 3.66. The van der Waals surface area contributed by atoms with Crippen molar-refractivity contribution in [1.82, 2.24) is 5.32 Å². The van der Waals surface area contributed by atoms with Crippen molar-refractivity contribution in [2.24, 2.45) is 0 Å². The van der Waals surface area contributed by atoms with Crippen LogP contribution in [0.15, 0.2) is 6.07 Å². The second kappa shape index (κ2) is 5.32. The van der Waals surface area contributed by atoms with Gasteiger partial charge in [0.25, 0.3) is 5.91 Å². The zero-order chi connectivity index (χ0) is 12.3. The molecule has 0 fully saturated rings. The number of thiophene rings is 1. The summed E-state index contributed by atoms with van der Waals surface area (Å²) in [6.07, 6.45) is 0.919. The third-order valence-electron chi connectivity index (χ3n) is 2.56. The van der Waals surface area contributed by atoms with Crippen LogP contribution >= 0.6 is 27.3 Å². The molecule has 90 valence electrons. The molecule has 0 saturated heterocycles. The second-order valence-corrected chi connectivity index (χ2v) is 6.68. The minimum atomic E-state index is -0.160. The summed E-state index contributed by atoms with van der Waals surface area (Å²) in [6, 6.07) is 1.96. The van der Waals surface area contributed by atoms with Crippen LogP contribution in [0, 0.1) is 13.8 Å². The number of halogens is 1. The maximum absolute atomic E-state index is 12.0. The number of carbonyl (C=O) groups is 1. The molecule has 0 spiro atoms. The fourth-order valence-electron chi connectivity index (χ4n) is 1.35. The van der Waals surface area contributed by atoms with Crippen molar-refractivity contribution in [3.8, 4) is 0 Å². The van der Waals surface area contributed by atoms with Crippen LogP contribution in [0.3, 0.4) is 0 Å². The van der Waals surface area contributed by atoms with Crippen LogP contribution in [0.1, 0.15) is 40.4 Å². The Hall–Kier alpha value is -0.350. The number of alkyl halides is 1. The van der Waals surface area contributed by atoms with Gasteiger partial charge in [-0.05, 0) is 45.7 Å². The van der Waals surface area contributed by atoms with Gasteiger partial charge in [0.1, 0.15) is 0 Å². The summed E-state index contributed by atoms with van der Waals surface area (Å²) >= 11 is 4.96. The van der Waals surface area contributed by atoms with Crippen LogP contribution in [0.4, 0.5) is 0 Å². The number of nitrogens with one attached hydrogen (secondary N) is 1. The topological polar surface area (TPSA) is 29.1 Å². The monoisotopic (exact) mass is 303 g/mol. The maximum Gasteiger partial charge on any atom is 0.261 e. The van der Waals surface area contributed by atoms with Crippen LogP contribution in [-0.4, -0.2) is 16.8 Å². The van der Waals surface area contributed by atoms with E-state index in [2.05, 4.69) is 21.2 Å². The molecule has 1 aromatic heterocycles. The van der Waals surface area contributed by atoms with Crippen molar-refractivity contribution in [3.63, 3.8) is 0 Å². The minimum absolute atomic E-state index is 0.0344. The molecule has 0 bridgehead atoms. The molecule has 0 aliphatic rings. The fraction of sp³-hybridized carbons (Fsp3) is 0.583. The first-order chi connectivity index (χ1) is 7.35. The van der Waals surface area contributed by atoms with Crippen LogP contribution < -0.4 is 5.32 Å². The number of rotatable bonds is 4. The molecule has 1 amide bonds. The van der Waals surface area contributed by atoms with Gasteiger partial charge in [-0.15, -0.1) is 11.3 Å². The zero-order valence-electron chi connectivity index (χ0n) is 10.2. The zero-order valence-corrected chi connectivity index (χ0v) is 12.6. The Morgan fingerprint density at radius 1 is 1.50 bits per heavy atom. The summed E-state index contributed by atoms with van der Waals surface area (Å²) in [4.78, 5) is 14.0. The molecule has 0 unspecified atom stereocenters. The maximum atomic E-state index is 12.0. The molecule has 0 aromatic carbocycles. The van der Waals surface area contributed by atoms with Gasteiger partial charge in [-0.25, -0.2) is 0 Å². The lowest BCUT2D eigenvalue weighted by atomic mass is 10.0. The summed E-state index contributed by atoms with van der Waals surface area (Å²) in [5.74, 6) is 0.0344. The average molecular weight is 304 g/mol. The predicted molar refractivity (Wildman–Crippen MR) is 73.7 cm³/mol. The van der Waals surface area contributed by atoms with Gasteiger partial charge < -0.3 is 5.32 Å². The summed E-state index contributed by atoms with van der Waals surface area (Å²) in [5, 5.41) is 3.95. The number of carbonyl (C=O) groups excluding carboxylic acids is 1. The Morgan fingerprint density at radius 2 is 2.12 bits per heavy atom. The number of aryl methyl sites for hydroxylation is 2. The van der Waals surface area contributed by atoms with E-state index in [-0.39, 0.29) is 11.4 Å². The fourth-order valence-corrected chi connectivity index (χ4v) is 3.27. The van der Waals surface area contributed by atoms with Crippen molar-refractivity contribution < 1.29 is 4.79 Å². The van der Waals surface area contributed by atoms with Gasteiger partial charge in [0, 0.05) is 15.7 Å². The van der Waals surface area contributed by atoms with Crippen molar-refractivity contribution in [2.75, 3.05) is 5.33 Å².